The Hall–Kier alpha value is -3.02. The molecule has 1 heterocycles. The second-order valence-corrected chi connectivity index (χ2v) is 5.12. The van der Waals surface area contributed by atoms with Gasteiger partial charge in [0.1, 0.15) is 13.2 Å². The molecule has 1 aliphatic rings. The van der Waals surface area contributed by atoms with Gasteiger partial charge < -0.3 is 15.2 Å². The largest absolute Gasteiger partial charge is 0.486 e. The predicted molar refractivity (Wildman–Crippen MR) is 88.0 cm³/mol. The second kappa shape index (κ2) is 6.39. The van der Waals surface area contributed by atoms with Gasteiger partial charge in [0.25, 0.3) is 5.91 Å². The number of nitrogens with one attached hydrogen (secondary N) is 1. The monoisotopic (exact) mass is 311 g/mol. The zero-order valence-corrected chi connectivity index (χ0v) is 12.7. The molecule has 0 radical (unpaired) electrons. The molecule has 0 saturated heterocycles. The average molecular weight is 311 g/mol. The lowest BCUT2D eigenvalue weighted by Crippen LogP contribution is -2.19. The van der Waals surface area contributed by atoms with Gasteiger partial charge in [0.2, 0.25) is 0 Å². The minimum atomic E-state index is -0.290. The van der Waals surface area contributed by atoms with Crippen LogP contribution in [0.25, 0.3) is 0 Å². The van der Waals surface area contributed by atoms with Gasteiger partial charge in [0, 0.05) is 16.8 Å². The molecule has 0 atom stereocenters. The molecule has 0 bridgehead atoms. The Morgan fingerprint density at radius 2 is 1.70 bits per heavy atom. The predicted octanol–water partition coefficient (Wildman–Crippen LogP) is 2.19. The molecule has 3 rings (SSSR count). The van der Waals surface area contributed by atoms with Crippen LogP contribution in [0.5, 0.6) is 11.5 Å². The molecule has 1 aliphatic heterocycles. The Labute approximate surface area is 133 Å². The summed E-state index contributed by atoms with van der Waals surface area (Å²) in [5.74, 6) is 1.12. The minimum Gasteiger partial charge on any atom is -0.486 e. The highest BCUT2D eigenvalue weighted by Gasteiger charge is 2.13. The number of hydrazone groups is 1. The van der Waals surface area contributed by atoms with Gasteiger partial charge in [0.15, 0.2) is 11.5 Å². The van der Waals surface area contributed by atoms with Crippen molar-refractivity contribution in [3.63, 3.8) is 0 Å². The van der Waals surface area contributed by atoms with Crippen molar-refractivity contribution in [1.29, 1.82) is 0 Å². The van der Waals surface area contributed by atoms with E-state index in [2.05, 4.69) is 10.5 Å². The number of nitrogen functional groups attached to an aromatic ring is 1. The van der Waals surface area contributed by atoms with E-state index in [1.807, 2.05) is 25.1 Å². The van der Waals surface area contributed by atoms with Crippen LogP contribution in [-0.4, -0.2) is 24.8 Å². The van der Waals surface area contributed by atoms with Crippen LogP contribution in [0, 0.1) is 0 Å². The Morgan fingerprint density at radius 3 is 2.43 bits per heavy atom. The standard InChI is InChI=1S/C17H17N3O3/c1-11(13-4-7-15-16(10-13)23-9-8-22-15)19-20-17(21)12-2-5-14(18)6-3-12/h2-7,10H,8-9,18H2,1H3,(H,20,21)/b19-11-. The van der Waals surface area contributed by atoms with Gasteiger partial charge in [0.05, 0.1) is 5.71 Å². The van der Waals surface area contributed by atoms with Crippen LogP contribution in [-0.2, 0) is 0 Å². The molecule has 0 aliphatic carbocycles. The maximum absolute atomic E-state index is 12.0. The van der Waals surface area contributed by atoms with E-state index in [-0.39, 0.29) is 5.91 Å². The number of fused-ring (bicyclic) bond motifs is 1. The molecule has 1 amide bonds. The molecular formula is C17H17N3O3. The molecule has 0 aromatic heterocycles. The van der Waals surface area contributed by atoms with Gasteiger partial charge in [-0.3, -0.25) is 4.79 Å². The zero-order chi connectivity index (χ0) is 16.2. The smallest absolute Gasteiger partial charge is 0.271 e. The maximum atomic E-state index is 12.0. The van der Waals surface area contributed by atoms with E-state index in [0.29, 0.717) is 35.9 Å². The molecule has 0 spiro atoms. The first-order valence-electron chi connectivity index (χ1n) is 7.24. The maximum Gasteiger partial charge on any atom is 0.271 e. The number of carbonyl (C=O) groups is 1. The lowest BCUT2D eigenvalue weighted by atomic mass is 10.1. The van der Waals surface area contributed by atoms with Crippen LogP contribution < -0.4 is 20.6 Å². The van der Waals surface area contributed by atoms with Crippen LogP contribution in [0.1, 0.15) is 22.8 Å². The molecule has 6 nitrogen and oxygen atoms in total. The number of anilines is 1. The van der Waals surface area contributed by atoms with Gasteiger partial charge in [-0.05, 0) is 49.4 Å². The van der Waals surface area contributed by atoms with Crippen LogP contribution in [0.3, 0.4) is 0 Å². The number of hydrogen-bond donors (Lipinski definition) is 2. The third-order valence-corrected chi connectivity index (χ3v) is 3.46. The first kappa shape index (κ1) is 14.9. The van der Waals surface area contributed by atoms with Crippen molar-refractivity contribution in [2.75, 3.05) is 18.9 Å². The van der Waals surface area contributed by atoms with Crippen LogP contribution in [0.2, 0.25) is 0 Å². The highest BCUT2D eigenvalue weighted by Crippen LogP contribution is 2.30. The Bertz CT molecular complexity index is 754. The summed E-state index contributed by atoms with van der Waals surface area (Å²) in [6.45, 7) is 2.90. The quantitative estimate of drug-likeness (QED) is 0.517. The van der Waals surface area contributed by atoms with E-state index in [1.165, 1.54) is 0 Å². The molecule has 2 aromatic carbocycles. The topological polar surface area (TPSA) is 85.9 Å². The third kappa shape index (κ3) is 3.42. The summed E-state index contributed by atoms with van der Waals surface area (Å²) in [4.78, 5) is 12.0. The number of amides is 1. The fraction of sp³-hybridized carbons (Fsp3) is 0.176. The number of nitrogens with two attached hydrogens (primary N) is 1. The summed E-state index contributed by atoms with van der Waals surface area (Å²) in [7, 11) is 0. The summed E-state index contributed by atoms with van der Waals surface area (Å²) in [6, 6.07) is 12.2. The Kier molecular flexibility index (Phi) is 4.14. The molecule has 0 unspecified atom stereocenters. The van der Waals surface area contributed by atoms with Crippen molar-refractivity contribution in [2.45, 2.75) is 6.92 Å². The average Bonchev–Trinajstić information content (AvgIpc) is 2.59. The summed E-state index contributed by atoms with van der Waals surface area (Å²) in [6.07, 6.45) is 0. The number of rotatable bonds is 3. The van der Waals surface area contributed by atoms with E-state index in [1.54, 1.807) is 24.3 Å². The van der Waals surface area contributed by atoms with E-state index in [9.17, 15) is 4.79 Å². The molecule has 2 aromatic rings. The van der Waals surface area contributed by atoms with Gasteiger partial charge >= 0.3 is 0 Å². The normalized spacial score (nSPS) is 13.5. The second-order valence-electron chi connectivity index (χ2n) is 5.12. The summed E-state index contributed by atoms with van der Waals surface area (Å²) in [5.41, 5.74) is 10.8. The zero-order valence-electron chi connectivity index (χ0n) is 12.7. The lowest BCUT2D eigenvalue weighted by molar-refractivity contribution is 0.0955. The van der Waals surface area contributed by atoms with Gasteiger partial charge in [-0.25, -0.2) is 5.43 Å². The summed E-state index contributed by atoms with van der Waals surface area (Å²) >= 11 is 0. The van der Waals surface area contributed by atoms with Crippen LogP contribution in [0.4, 0.5) is 5.69 Å². The summed E-state index contributed by atoms with van der Waals surface area (Å²) < 4.78 is 11.0. The number of nitrogens with zero attached hydrogens (tertiary/aromatic N) is 1. The highest BCUT2D eigenvalue weighted by atomic mass is 16.6. The van der Waals surface area contributed by atoms with Crippen LogP contribution in [0.15, 0.2) is 47.6 Å². The van der Waals surface area contributed by atoms with Crippen molar-refractivity contribution in [2.24, 2.45) is 5.10 Å². The van der Waals surface area contributed by atoms with Crippen molar-refractivity contribution >= 4 is 17.3 Å². The molecule has 0 saturated carbocycles. The first-order valence-corrected chi connectivity index (χ1v) is 7.24. The third-order valence-electron chi connectivity index (χ3n) is 3.46. The first-order chi connectivity index (χ1) is 11.1. The van der Waals surface area contributed by atoms with Crippen molar-refractivity contribution < 1.29 is 14.3 Å². The van der Waals surface area contributed by atoms with Crippen molar-refractivity contribution in [3.8, 4) is 11.5 Å². The van der Waals surface area contributed by atoms with Crippen LogP contribution >= 0.6 is 0 Å². The van der Waals surface area contributed by atoms with Crippen molar-refractivity contribution in [1.82, 2.24) is 5.43 Å². The molecule has 0 fully saturated rings. The molecule has 6 heteroatoms. The van der Waals surface area contributed by atoms with E-state index < -0.39 is 0 Å². The summed E-state index contributed by atoms with van der Waals surface area (Å²) in [5, 5.41) is 4.13. The van der Waals surface area contributed by atoms with Gasteiger partial charge in [-0.1, -0.05) is 0 Å². The molecule has 23 heavy (non-hydrogen) atoms. The SMILES string of the molecule is C/C(=N/NC(=O)c1ccc(N)cc1)c1ccc2c(c1)OCCO2. The van der Waals surface area contributed by atoms with Crippen molar-refractivity contribution in [3.05, 3.63) is 53.6 Å². The number of hydrogen-bond acceptors (Lipinski definition) is 5. The minimum absolute atomic E-state index is 0.290. The van der Waals surface area contributed by atoms with E-state index >= 15 is 0 Å². The van der Waals surface area contributed by atoms with E-state index in [4.69, 9.17) is 15.2 Å². The number of ether oxygens (including phenoxy) is 2. The van der Waals surface area contributed by atoms with Gasteiger partial charge in [-0.2, -0.15) is 5.10 Å². The van der Waals surface area contributed by atoms with E-state index in [0.717, 1.165) is 11.3 Å². The molecule has 118 valence electrons. The Morgan fingerprint density at radius 1 is 1.04 bits per heavy atom. The number of benzene rings is 2. The fourth-order valence-corrected chi connectivity index (χ4v) is 2.17. The number of carbonyl (C=O) groups excluding carboxylic acids is 1. The highest BCUT2D eigenvalue weighted by molar-refractivity contribution is 6.01. The molecular weight excluding hydrogens is 294 g/mol. The van der Waals surface area contributed by atoms with Gasteiger partial charge in [-0.15, -0.1) is 0 Å². The molecule has 3 N–H and O–H groups in total. The lowest BCUT2D eigenvalue weighted by Gasteiger charge is -2.18. The Balaban J connectivity index is 1.72. The fourth-order valence-electron chi connectivity index (χ4n) is 2.17.